The zero-order valence-corrected chi connectivity index (χ0v) is 13.3. The summed E-state index contributed by atoms with van der Waals surface area (Å²) in [6, 6.07) is 6.67. The average molecular weight is 326 g/mol. The van der Waals surface area contributed by atoms with Crippen LogP contribution in [-0.2, 0) is 14.3 Å². The van der Waals surface area contributed by atoms with Crippen molar-refractivity contribution in [2.24, 2.45) is 23.7 Å². The summed E-state index contributed by atoms with van der Waals surface area (Å²) in [6.45, 7) is 2.02. The number of rotatable bonds is 3. The number of nitrogens with zero attached hydrogens (tertiary/aromatic N) is 1. The second-order valence-electron chi connectivity index (χ2n) is 6.40. The van der Waals surface area contributed by atoms with Gasteiger partial charge in [-0.25, -0.2) is 4.79 Å². The van der Waals surface area contributed by atoms with E-state index in [2.05, 4.69) is 17.5 Å². The molecule has 6 nitrogen and oxygen atoms in total. The molecule has 1 saturated heterocycles. The summed E-state index contributed by atoms with van der Waals surface area (Å²) in [5.74, 6) is -0.215. The quantitative estimate of drug-likeness (QED) is 0.684. The molecule has 3 amide bonds. The molecular formula is C18H18N2O4. The zero-order valence-electron chi connectivity index (χ0n) is 13.3. The average Bonchev–Trinajstić information content (AvgIpc) is 3.23. The van der Waals surface area contributed by atoms with E-state index in [0.29, 0.717) is 18.0 Å². The lowest BCUT2D eigenvalue weighted by Crippen LogP contribution is -2.32. The third-order valence-corrected chi connectivity index (χ3v) is 5.12. The first kappa shape index (κ1) is 14.9. The zero-order chi connectivity index (χ0) is 16.8. The topological polar surface area (TPSA) is 75.7 Å². The Labute approximate surface area is 139 Å². The van der Waals surface area contributed by atoms with Crippen molar-refractivity contribution in [3.05, 3.63) is 36.4 Å². The Morgan fingerprint density at radius 3 is 2.25 bits per heavy atom. The molecule has 0 aromatic heterocycles. The first-order valence-corrected chi connectivity index (χ1v) is 8.20. The number of fused-ring (bicyclic) bond motifs is 5. The minimum Gasteiger partial charge on any atom is -0.450 e. The maximum Gasteiger partial charge on any atom is 0.411 e. The van der Waals surface area contributed by atoms with Crippen LogP contribution in [0.15, 0.2) is 36.4 Å². The first-order chi connectivity index (χ1) is 11.6. The predicted molar refractivity (Wildman–Crippen MR) is 87.3 cm³/mol. The van der Waals surface area contributed by atoms with Crippen molar-refractivity contribution in [3.63, 3.8) is 0 Å². The molecule has 2 aliphatic carbocycles. The number of imide groups is 1. The molecule has 1 N–H and O–H groups in total. The van der Waals surface area contributed by atoms with Gasteiger partial charge in [-0.15, -0.1) is 0 Å². The maximum atomic E-state index is 12.7. The molecule has 1 aromatic rings. The van der Waals surface area contributed by atoms with Crippen LogP contribution in [0.4, 0.5) is 16.2 Å². The van der Waals surface area contributed by atoms with E-state index in [1.165, 1.54) is 4.90 Å². The summed E-state index contributed by atoms with van der Waals surface area (Å²) < 4.78 is 4.82. The summed E-state index contributed by atoms with van der Waals surface area (Å²) in [7, 11) is 0. The summed E-state index contributed by atoms with van der Waals surface area (Å²) in [6.07, 6.45) is 4.54. The largest absolute Gasteiger partial charge is 0.450 e. The molecule has 0 unspecified atom stereocenters. The van der Waals surface area contributed by atoms with Crippen LogP contribution in [-0.4, -0.2) is 24.5 Å². The summed E-state index contributed by atoms with van der Waals surface area (Å²) >= 11 is 0. The molecule has 1 saturated carbocycles. The van der Waals surface area contributed by atoms with Crippen molar-refractivity contribution in [2.45, 2.75) is 13.3 Å². The van der Waals surface area contributed by atoms with E-state index in [1.807, 2.05) is 0 Å². The van der Waals surface area contributed by atoms with Gasteiger partial charge in [0.15, 0.2) is 0 Å². The van der Waals surface area contributed by atoms with Gasteiger partial charge in [-0.2, -0.15) is 0 Å². The number of amides is 3. The van der Waals surface area contributed by atoms with Gasteiger partial charge in [0.1, 0.15) is 0 Å². The molecule has 2 bridgehead atoms. The Bertz CT molecular complexity index is 710. The van der Waals surface area contributed by atoms with Crippen LogP contribution < -0.4 is 10.2 Å². The van der Waals surface area contributed by atoms with Crippen molar-refractivity contribution in [1.82, 2.24) is 0 Å². The highest BCUT2D eigenvalue weighted by Crippen LogP contribution is 2.53. The number of ether oxygens (including phenoxy) is 1. The number of anilines is 2. The van der Waals surface area contributed by atoms with Crippen LogP contribution in [0, 0.1) is 23.7 Å². The summed E-state index contributed by atoms with van der Waals surface area (Å²) in [5, 5.41) is 2.59. The van der Waals surface area contributed by atoms with E-state index in [-0.39, 0.29) is 35.5 Å². The van der Waals surface area contributed by atoms with Gasteiger partial charge < -0.3 is 4.74 Å². The van der Waals surface area contributed by atoms with Crippen molar-refractivity contribution >= 4 is 29.3 Å². The molecule has 1 aromatic carbocycles. The van der Waals surface area contributed by atoms with Crippen LogP contribution in [0.25, 0.3) is 0 Å². The lowest BCUT2D eigenvalue weighted by atomic mass is 9.85. The molecule has 0 radical (unpaired) electrons. The maximum absolute atomic E-state index is 12.7. The van der Waals surface area contributed by atoms with Crippen LogP contribution in [0.1, 0.15) is 13.3 Å². The molecule has 4 atom stereocenters. The molecule has 1 aliphatic heterocycles. The lowest BCUT2D eigenvalue weighted by Gasteiger charge is -2.17. The number of benzene rings is 1. The van der Waals surface area contributed by atoms with E-state index >= 15 is 0 Å². The van der Waals surface area contributed by atoms with Crippen molar-refractivity contribution in [3.8, 4) is 0 Å². The Kier molecular flexibility index (Phi) is 3.40. The van der Waals surface area contributed by atoms with Gasteiger partial charge >= 0.3 is 6.09 Å². The normalized spacial score (nSPS) is 30.0. The van der Waals surface area contributed by atoms with Crippen molar-refractivity contribution in [2.75, 3.05) is 16.8 Å². The molecule has 24 heavy (non-hydrogen) atoms. The highest BCUT2D eigenvalue weighted by molar-refractivity contribution is 6.22. The van der Waals surface area contributed by atoms with E-state index in [9.17, 15) is 14.4 Å². The smallest absolute Gasteiger partial charge is 0.411 e. The standard InChI is InChI=1S/C18H18N2O4/c1-2-24-18(23)19-12-5-7-13(8-6-12)20-16(21)14-10-3-4-11(9-10)15(14)17(20)22/h3-8,10-11,14-15H,2,9H2,1H3,(H,19,23)/t10-,11-,14+,15+/m0/s1. The Morgan fingerprint density at radius 2 is 1.71 bits per heavy atom. The van der Waals surface area contributed by atoms with E-state index in [1.54, 1.807) is 31.2 Å². The number of carbonyl (C=O) groups excluding carboxylic acids is 3. The molecule has 4 rings (SSSR count). The molecule has 1 heterocycles. The Balaban J connectivity index is 1.53. The Morgan fingerprint density at radius 1 is 1.12 bits per heavy atom. The lowest BCUT2D eigenvalue weighted by molar-refractivity contribution is -0.123. The number of carbonyl (C=O) groups is 3. The fourth-order valence-electron chi connectivity index (χ4n) is 4.14. The van der Waals surface area contributed by atoms with Crippen molar-refractivity contribution < 1.29 is 19.1 Å². The summed E-state index contributed by atoms with van der Waals surface area (Å²) in [5.41, 5.74) is 1.10. The van der Waals surface area contributed by atoms with E-state index in [0.717, 1.165) is 6.42 Å². The monoisotopic (exact) mass is 326 g/mol. The minimum atomic E-state index is -0.532. The van der Waals surface area contributed by atoms with Gasteiger partial charge in [0, 0.05) is 5.69 Å². The second kappa shape index (κ2) is 5.47. The highest BCUT2D eigenvalue weighted by Gasteiger charge is 2.59. The predicted octanol–water partition coefficient (Wildman–Crippen LogP) is 2.57. The molecule has 2 fully saturated rings. The van der Waals surface area contributed by atoms with E-state index in [4.69, 9.17) is 4.74 Å². The van der Waals surface area contributed by atoms with Gasteiger partial charge in [-0.1, -0.05) is 12.2 Å². The van der Waals surface area contributed by atoms with Gasteiger partial charge in [-0.05, 0) is 49.4 Å². The summed E-state index contributed by atoms with van der Waals surface area (Å²) in [4.78, 5) is 38.1. The number of allylic oxidation sites excluding steroid dienone is 2. The van der Waals surface area contributed by atoms with Crippen LogP contribution in [0.5, 0.6) is 0 Å². The second-order valence-corrected chi connectivity index (χ2v) is 6.40. The molecule has 6 heteroatoms. The number of nitrogens with one attached hydrogen (secondary N) is 1. The van der Waals surface area contributed by atoms with Crippen LogP contribution in [0.2, 0.25) is 0 Å². The molecule has 3 aliphatic rings. The third kappa shape index (κ3) is 2.13. The first-order valence-electron chi connectivity index (χ1n) is 8.20. The third-order valence-electron chi connectivity index (χ3n) is 5.12. The minimum absolute atomic E-state index is 0.104. The molecule has 0 spiro atoms. The fraction of sp³-hybridized carbons (Fsp3) is 0.389. The molecular weight excluding hydrogens is 308 g/mol. The highest BCUT2D eigenvalue weighted by atomic mass is 16.5. The van der Waals surface area contributed by atoms with Gasteiger partial charge in [-0.3, -0.25) is 19.8 Å². The van der Waals surface area contributed by atoms with Gasteiger partial charge in [0.05, 0.1) is 24.1 Å². The fourth-order valence-corrected chi connectivity index (χ4v) is 4.14. The number of hydrogen-bond acceptors (Lipinski definition) is 4. The Hall–Kier alpha value is -2.63. The van der Waals surface area contributed by atoms with E-state index < -0.39 is 6.09 Å². The van der Waals surface area contributed by atoms with Crippen LogP contribution in [0.3, 0.4) is 0 Å². The van der Waals surface area contributed by atoms with Crippen molar-refractivity contribution in [1.29, 1.82) is 0 Å². The number of hydrogen-bond donors (Lipinski definition) is 1. The van der Waals surface area contributed by atoms with Gasteiger partial charge in [0.2, 0.25) is 11.8 Å². The molecule has 124 valence electrons. The SMILES string of the molecule is CCOC(=O)Nc1ccc(N2C(=O)[C@H]3[C@H](C2=O)[C@H]2C=C[C@H]3C2)cc1. The van der Waals surface area contributed by atoms with Crippen LogP contribution >= 0.6 is 0 Å². The van der Waals surface area contributed by atoms with Gasteiger partial charge in [0.25, 0.3) is 0 Å².